The fourth-order valence-electron chi connectivity index (χ4n) is 3.53. The van der Waals surface area contributed by atoms with Crippen LogP contribution in [0, 0.1) is 0 Å². The number of thioether (sulfide) groups is 1. The van der Waals surface area contributed by atoms with E-state index in [2.05, 4.69) is 22.5 Å². The minimum absolute atomic E-state index is 0.133. The molecule has 0 bridgehead atoms. The smallest absolute Gasteiger partial charge is 0.264 e. The van der Waals surface area contributed by atoms with Crippen molar-refractivity contribution in [3.05, 3.63) is 52.9 Å². The number of amides is 2. The predicted octanol–water partition coefficient (Wildman–Crippen LogP) is 6.28. The summed E-state index contributed by atoms with van der Waals surface area (Å²) in [5.74, 6) is 1.01. The average Bonchev–Trinajstić information content (AvgIpc) is 3.18. The Morgan fingerprint density at radius 2 is 1.80 bits per heavy atom. The summed E-state index contributed by atoms with van der Waals surface area (Å²) in [5, 5.41) is 6.00. The molecule has 2 aromatic rings. The summed E-state index contributed by atoms with van der Waals surface area (Å²) < 4.78 is 11.4. The Morgan fingerprint density at radius 1 is 1.06 bits per heavy atom. The monoisotopic (exact) mass is 495 g/mol. The second kappa shape index (κ2) is 13.6. The second-order valence-corrected chi connectivity index (χ2v) is 9.27. The predicted molar refractivity (Wildman–Crippen MR) is 143 cm³/mol. The number of carbonyl (C=O) groups is 2. The highest BCUT2D eigenvalue weighted by atomic mass is 32.2. The summed E-state index contributed by atoms with van der Waals surface area (Å²) in [6, 6.07) is 12.8. The van der Waals surface area contributed by atoms with Gasteiger partial charge in [0, 0.05) is 12.6 Å². The van der Waals surface area contributed by atoms with Crippen molar-refractivity contribution >= 4 is 46.2 Å². The van der Waals surface area contributed by atoms with Crippen molar-refractivity contribution in [1.29, 1.82) is 0 Å². The molecular weight excluding hydrogens is 462 g/mol. The van der Waals surface area contributed by atoms with Gasteiger partial charge in [-0.05, 0) is 66.2 Å². The molecule has 1 aliphatic heterocycles. The number of ether oxygens (including phenoxy) is 2. The third kappa shape index (κ3) is 8.47. The number of anilines is 1. The third-order valence-electron chi connectivity index (χ3n) is 5.31. The van der Waals surface area contributed by atoms with Gasteiger partial charge in [-0.15, -0.1) is 0 Å². The largest absolute Gasteiger partial charge is 0.493 e. The van der Waals surface area contributed by atoms with Gasteiger partial charge in [0.2, 0.25) is 5.91 Å². The maximum Gasteiger partial charge on any atom is 0.264 e. The molecule has 2 N–H and O–H groups in total. The highest BCUT2D eigenvalue weighted by Gasteiger charge is 2.24. The summed E-state index contributed by atoms with van der Waals surface area (Å²) in [5.41, 5.74) is 2.21. The fourth-order valence-corrected chi connectivity index (χ4v) is 4.37. The normalized spacial score (nSPS) is 15.3. The van der Waals surface area contributed by atoms with Gasteiger partial charge < -0.3 is 20.1 Å². The molecule has 8 heteroatoms. The molecule has 186 valence electrons. The summed E-state index contributed by atoms with van der Waals surface area (Å²) in [7, 11) is 1.61. The summed E-state index contributed by atoms with van der Waals surface area (Å²) in [4.78, 5) is 28.6. The first-order valence-corrected chi connectivity index (χ1v) is 12.8. The van der Waals surface area contributed by atoms with E-state index < -0.39 is 0 Å². The standard InChI is InChI=1S/C27H33N3O4S/c1-4-5-6-7-8-9-16-34-23-15-10-20(17-24(23)33-3)18-25-26(32)30-27(35-25)29-22-13-11-21(12-14-22)28-19(2)31/h10-15,17-18H,4-9,16H2,1-3H3,(H,28,31)(H,29,30,32)/b25-18-. The van der Waals surface area contributed by atoms with Gasteiger partial charge in [0.1, 0.15) is 0 Å². The molecule has 0 aromatic heterocycles. The van der Waals surface area contributed by atoms with E-state index in [1.54, 1.807) is 31.4 Å². The van der Waals surface area contributed by atoms with Crippen LogP contribution >= 0.6 is 11.8 Å². The zero-order chi connectivity index (χ0) is 25.0. The summed E-state index contributed by atoms with van der Waals surface area (Å²) in [6.45, 7) is 4.34. The van der Waals surface area contributed by atoms with Crippen LogP contribution in [-0.2, 0) is 9.59 Å². The molecule has 0 atom stereocenters. The van der Waals surface area contributed by atoms with Crippen LogP contribution in [0.1, 0.15) is 57.9 Å². The van der Waals surface area contributed by atoms with Crippen LogP contribution in [0.15, 0.2) is 52.4 Å². The van der Waals surface area contributed by atoms with E-state index in [4.69, 9.17) is 9.47 Å². The number of unbranched alkanes of at least 4 members (excludes halogenated alkanes) is 5. The maximum absolute atomic E-state index is 12.5. The number of nitrogens with one attached hydrogen (secondary N) is 2. The molecule has 2 amide bonds. The highest BCUT2D eigenvalue weighted by Crippen LogP contribution is 2.32. The van der Waals surface area contributed by atoms with Gasteiger partial charge in [0.15, 0.2) is 16.7 Å². The molecule has 0 unspecified atom stereocenters. The van der Waals surface area contributed by atoms with E-state index in [0.29, 0.717) is 39.6 Å². The van der Waals surface area contributed by atoms with Crippen molar-refractivity contribution in [3.63, 3.8) is 0 Å². The molecule has 0 saturated carbocycles. The number of methoxy groups -OCH3 is 1. The third-order valence-corrected chi connectivity index (χ3v) is 6.22. The van der Waals surface area contributed by atoms with Crippen LogP contribution in [0.25, 0.3) is 6.08 Å². The molecule has 2 aromatic carbocycles. The van der Waals surface area contributed by atoms with Crippen LogP contribution in [0.4, 0.5) is 11.4 Å². The van der Waals surface area contributed by atoms with Crippen molar-refractivity contribution in [1.82, 2.24) is 5.32 Å². The van der Waals surface area contributed by atoms with Gasteiger partial charge in [-0.2, -0.15) is 0 Å². The van der Waals surface area contributed by atoms with E-state index in [9.17, 15) is 9.59 Å². The number of carbonyl (C=O) groups excluding carboxylic acids is 2. The first-order chi connectivity index (χ1) is 17.0. The quantitative estimate of drug-likeness (QED) is 0.267. The molecule has 1 heterocycles. The topological polar surface area (TPSA) is 89.0 Å². The lowest BCUT2D eigenvalue weighted by Crippen LogP contribution is -2.19. The summed E-state index contributed by atoms with van der Waals surface area (Å²) in [6.07, 6.45) is 9.07. The minimum atomic E-state index is -0.203. The summed E-state index contributed by atoms with van der Waals surface area (Å²) >= 11 is 1.27. The van der Waals surface area contributed by atoms with E-state index in [-0.39, 0.29) is 11.8 Å². The van der Waals surface area contributed by atoms with Crippen molar-refractivity contribution in [3.8, 4) is 11.5 Å². The molecule has 7 nitrogen and oxygen atoms in total. The molecule has 3 rings (SSSR count). The zero-order valence-electron chi connectivity index (χ0n) is 20.6. The first-order valence-electron chi connectivity index (χ1n) is 12.0. The van der Waals surface area contributed by atoms with Gasteiger partial charge >= 0.3 is 0 Å². The average molecular weight is 496 g/mol. The number of rotatable bonds is 12. The Kier molecular flexibility index (Phi) is 10.2. The molecule has 1 aliphatic rings. The molecule has 0 spiro atoms. The molecule has 0 radical (unpaired) electrons. The van der Waals surface area contributed by atoms with Crippen molar-refractivity contribution in [2.24, 2.45) is 4.99 Å². The van der Waals surface area contributed by atoms with Crippen molar-refractivity contribution in [2.75, 3.05) is 19.0 Å². The lowest BCUT2D eigenvalue weighted by molar-refractivity contribution is -0.115. The van der Waals surface area contributed by atoms with E-state index >= 15 is 0 Å². The van der Waals surface area contributed by atoms with Crippen molar-refractivity contribution < 1.29 is 19.1 Å². The molecule has 1 fully saturated rings. The fraction of sp³-hybridized carbons (Fsp3) is 0.370. The Hall–Kier alpha value is -3.26. The SMILES string of the molecule is CCCCCCCCOc1ccc(/C=C2\SC(=Nc3ccc(NC(C)=O)cc3)NC2=O)cc1OC. The van der Waals surface area contributed by atoms with E-state index in [1.807, 2.05) is 24.3 Å². The molecule has 35 heavy (non-hydrogen) atoms. The number of hydrogen-bond donors (Lipinski definition) is 2. The van der Waals surface area contributed by atoms with E-state index in [1.165, 1.54) is 50.8 Å². The Bertz CT molecular complexity index is 1080. The number of hydrogen-bond acceptors (Lipinski definition) is 6. The molecule has 1 saturated heterocycles. The molecule has 0 aliphatic carbocycles. The molecular formula is C27H33N3O4S. The Morgan fingerprint density at radius 3 is 2.51 bits per heavy atom. The Balaban J connectivity index is 1.60. The van der Waals surface area contributed by atoms with Gasteiger partial charge in [-0.3, -0.25) is 9.59 Å². The highest BCUT2D eigenvalue weighted by molar-refractivity contribution is 8.18. The number of benzene rings is 2. The second-order valence-electron chi connectivity index (χ2n) is 8.24. The van der Waals surface area contributed by atoms with Gasteiger partial charge in [0.05, 0.1) is 24.3 Å². The van der Waals surface area contributed by atoms with Gasteiger partial charge in [-0.1, -0.05) is 45.1 Å². The van der Waals surface area contributed by atoms with Crippen LogP contribution in [0.2, 0.25) is 0 Å². The number of nitrogens with zero attached hydrogens (tertiary/aromatic N) is 1. The maximum atomic E-state index is 12.5. The van der Waals surface area contributed by atoms with Crippen LogP contribution < -0.4 is 20.1 Å². The minimum Gasteiger partial charge on any atom is -0.493 e. The lowest BCUT2D eigenvalue weighted by atomic mass is 10.1. The Labute approximate surface area is 211 Å². The van der Waals surface area contributed by atoms with Gasteiger partial charge in [-0.25, -0.2) is 4.99 Å². The van der Waals surface area contributed by atoms with Crippen LogP contribution in [0.5, 0.6) is 11.5 Å². The van der Waals surface area contributed by atoms with Crippen LogP contribution in [-0.4, -0.2) is 30.7 Å². The lowest BCUT2D eigenvalue weighted by Gasteiger charge is -2.11. The zero-order valence-corrected chi connectivity index (χ0v) is 21.4. The first kappa shape index (κ1) is 26.3. The number of amidine groups is 1. The van der Waals surface area contributed by atoms with Crippen molar-refractivity contribution in [2.45, 2.75) is 52.4 Å². The van der Waals surface area contributed by atoms with Gasteiger partial charge in [0.25, 0.3) is 5.91 Å². The van der Waals surface area contributed by atoms with Crippen LogP contribution in [0.3, 0.4) is 0 Å². The number of aliphatic imine (C=N–C) groups is 1. The van der Waals surface area contributed by atoms with E-state index in [0.717, 1.165) is 12.0 Å².